The average molecular weight is 848 g/mol. The highest BCUT2D eigenvalue weighted by atomic mass is 15.0. The molecule has 0 fully saturated rings. The Labute approximate surface area is 389 Å². The lowest BCUT2D eigenvalue weighted by Gasteiger charge is -2.23. The standard InChI is InChI=1S/C66H41N/c1-2-16-48(17-3-1)67-65-29-15-14-28-61(65)64-41-44(32-35-66(64)67)47-37-45(36-46(38-47)43-31-34-60-56-25-9-7-21-52(56)54-23-11-13-27-58(54)63(60)40-43)42-30-33-59-55-24-8-6-20-51(55)49-18-4-5-19-50(49)53-22-10-12-26-57(53)62(59)39-42/h1-41H. The molecule has 1 aromatic heterocycles. The summed E-state index contributed by atoms with van der Waals surface area (Å²) in [7, 11) is 0. The van der Waals surface area contributed by atoms with Crippen molar-refractivity contribution in [1.29, 1.82) is 0 Å². The van der Waals surface area contributed by atoms with E-state index >= 15 is 0 Å². The molecular weight excluding hydrogens is 807 g/mol. The smallest absolute Gasteiger partial charge is 0.0541 e. The molecule has 1 heterocycles. The largest absolute Gasteiger partial charge is 0.309 e. The minimum atomic E-state index is 1.16. The summed E-state index contributed by atoms with van der Waals surface area (Å²) in [5.41, 5.74) is 20.7. The Morgan fingerprint density at radius 3 is 1.09 bits per heavy atom. The third kappa shape index (κ3) is 5.88. The van der Waals surface area contributed by atoms with E-state index in [2.05, 4.69) is 253 Å². The summed E-state index contributed by atoms with van der Waals surface area (Å²) in [6, 6.07) is 92.4. The number of hydrogen-bond acceptors (Lipinski definition) is 0. The van der Waals surface area contributed by atoms with Crippen molar-refractivity contribution < 1.29 is 0 Å². The second-order valence-electron chi connectivity index (χ2n) is 18.0. The molecule has 67 heavy (non-hydrogen) atoms. The highest BCUT2D eigenvalue weighted by Gasteiger charge is 2.23. The van der Waals surface area contributed by atoms with Crippen LogP contribution >= 0.6 is 0 Å². The highest BCUT2D eigenvalue weighted by molar-refractivity contribution is 6.26. The molecule has 0 saturated carbocycles. The predicted octanol–water partition coefficient (Wildman–Crippen LogP) is 18.2. The van der Waals surface area contributed by atoms with Crippen LogP contribution in [0.2, 0.25) is 0 Å². The normalized spacial score (nSPS) is 11.9. The molecule has 310 valence electrons. The maximum absolute atomic E-state index is 2.44. The molecule has 0 radical (unpaired) electrons. The molecule has 1 nitrogen and oxygen atoms in total. The molecule has 0 bridgehead atoms. The van der Waals surface area contributed by atoms with E-state index in [1.54, 1.807) is 0 Å². The molecule has 12 aromatic carbocycles. The van der Waals surface area contributed by atoms with E-state index < -0.39 is 0 Å². The Bertz CT molecular complexity index is 4110. The van der Waals surface area contributed by atoms with Crippen molar-refractivity contribution in [2.75, 3.05) is 0 Å². The van der Waals surface area contributed by atoms with Crippen LogP contribution < -0.4 is 0 Å². The monoisotopic (exact) mass is 847 g/mol. The van der Waals surface area contributed by atoms with Gasteiger partial charge >= 0.3 is 0 Å². The zero-order chi connectivity index (χ0) is 44.0. The molecule has 0 aliphatic heterocycles. The fourth-order valence-electron chi connectivity index (χ4n) is 11.3. The fraction of sp³-hybridized carbons (Fsp3) is 0. The Hall–Kier alpha value is -8.78. The van der Waals surface area contributed by atoms with Gasteiger partial charge in [0.15, 0.2) is 0 Å². The third-order valence-corrected chi connectivity index (χ3v) is 14.3. The Kier molecular flexibility index (Phi) is 8.35. The van der Waals surface area contributed by atoms with Crippen molar-refractivity contribution in [3.05, 3.63) is 249 Å². The molecule has 1 aliphatic carbocycles. The number of aromatic nitrogens is 1. The van der Waals surface area contributed by atoms with Gasteiger partial charge in [0.1, 0.15) is 0 Å². The van der Waals surface area contributed by atoms with Crippen molar-refractivity contribution in [1.82, 2.24) is 4.57 Å². The summed E-state index contributed by atoms with van der Waals surface area (Å²) < 4.78 is 2.39. The molecule has 0 unspecified atom stereocenters. The van der Waals surface area contributed by atoms with Gasteiger partial charge in [-0.2, -0.15) is 0 Å². The van der Waals surface area contributed by atoms with Crippen LogP contribution in [0.1, 0.15) is 0 Å². The Morgan fingerprint density at radius 2 is 0.537 bits per heavy atom. The second-order valence-corrected chi connectivity index (χ2v) is 18.0. The molecule has 0 atom stereocenters. The lowest BCUT2D eigenvalue weighted by molar-refractivity contribution is 1.18. The van der Waals surface area contributed by atoms with Gasteiger partial charge < -0.3 is 4.57 Å². The summed E-state index contributed by atoms with van der Waals surface area (Å²) in [6.45, 7) is 0. The van der Waals surface area contributed by atoms with Crippen molar-refractivity contribution in [2.24, 2.45) is 0 Å². The van der Waals surface area contributed by atoms with Crippen molar-refractivity contribution >= 4 is 54.1 Å². The van der Waals surface area contributed by atoms with Gasteiger partial charge in [0.25, 0.3) is 0 Å². The summed E-state index contributed by atoms with van der Waals surface area (Å²) in [4.78, 5) is 0. The summed E-state index contributed by atoms with van der Waals surface area (Å²) in [5.74, 6) is 0. The third-order valence-electron chi connectivity index (χ3n) is 14.3. The van der Waals surface area contributed by atoms with Gasteiger partial charge in [0, 0.05) is 16.5 Å². The fourth-order valence-corrected chi connectivity index (χ4v) is 11.3. The number of benzene rings is 12. The van der Waals surface area contributed by atoms with Gasteiger partial charge in [-0.3, -0.25) is 0 Å². The first-order chi connectivity index (χ1) is 33.2. The van der Waals surface area contributed by atoms with E-state index in [-0.39, 0.29) is 0 Å². The zero-order valence-electron chi connectivity index (χ0n) is 36.6. The van der Waals surface area contributed by atoms with Crippen LogP contribution in [0.5, 0.6) is 0 Å². The van der Waals surface area contributed by atoms with E-state index in [1.165, 1.54) is 132 Å². The molecule has 0 amide bonds. The number of rotatable bonds is 4. The van der Waals surface area contributed by atoms with Gasteiger partial charge in [-0.1, -0.05) is 188 Å². The number of nitrogens with zero attached hydrogens (tertiary/aromatic N) is 1. The van der Waals surface area contributed by atoms with E-state index in [0.717, 1.165) is 5.69 Å². The molecule has 1 heteroatoms. The van der Waals surface area contributed by atoms with Crippen LogP contribution in [0, 0.1) is 0 Å². The molecule has 0 saturated heterocycles. The average Bonchev–Trinajstić information content (AvgIpc) is 3.74. The van der Waals surface area contributed by atoms with Crippen molar-refractivity contribution in [2.45, 2.75) is 0 Å². The molecule has 1 aliphatic rings. The summed E-state index contributed by atoms with van der Waals surface area (Å²) in [5, 5.41) is 10.2. The molecular formula is C66H41N. The predicted molar refractivity (Wildman–Crippen MR) is 285 cm³/mol. The number of fused-ring (bicyclic) bond motifs is 17. The molecule has 13 aromatic rings. The van der Waals surface area contributed by atoms with Gasteiger partial charge in [-0.15, -0.1) is 0 Å². The molecule has 14 rings (SSSR count). The van der Waals surface area contributed by atoms with Gasteiger partial charge in [-0.05, 0) is 171 Å². The van der Waals surface area contributed by atoms with Crippen LogP contribution in [-0.2, 0) is 0 Å². The van der Waals surface area contributed by atoms with Crippen LogP contribution in [-0.4, -0.2) is 4.57 Å². The molecule has 0 N–H and O–H groups in total. The SMILES string of the molecule is c1ccc(-n2c3ccccc3c3cc(-c4cc(-c5ccc6c(c5)-c5ccccc5-c5ccccc5-c5ccccc5-6)cc(-c5ccc6c7ccccc7c7ccccc7c6c5)c4)ccc32)cc1. The Morgan fingerprint density at radius 1 is 0.179 bits per heavy atom. The lowest BCUT2D eigenvalue weighted by Crippen LogP contribution is -1.97. The first kappa shape index (κ1) is 37.6. The topological polar surface area (TPSA) is 4.93 Å². The molecule has 0 spiro atoms. The lowest BCUT2D eigenvalue weighted by atomic mass is 9.80. The zero-order valence-corrected chi connectivity index (χ0v) is 36.6. The van der Waals surface area contributed by atoms with E-state index in [9.17, 15) is 0 Å². The maximum Gasteiger partial charge on any atom is 0.0541 e. The van der Waals surface area contributed by atoms with Crippen LogP contribution in [0.25, 0.3) is 138 Å². The minimum Gasteiger partial charge on any atom is -0.309 e. The van der Waals surface area contributed by atoms with E-state index in [4.69, 9.17) is 0 Å². The van der Waals surface area contributed by atoms with Gasteiger partial charge in [0.2, 0.25) is 0 Å². The van der Waals surface area contributed by atoms with E-state index in [1.807, 2.05) is 0 Å². The minimum absolute atomic E-state index is 1.16. The van der Waals surface area contributed by atoms with Crippen LogP contribution in [0.15, 0.2) is 249 Å². The highest BCUT2D eigenvalue weighted by Crippen LogP contribution is 2.49. The second kappa shape index (κ2) is 14.9. The first-order valence-corrected chi connectivity index (χ1v) is 23.2. The van der Waals surface area contributed by atoms with Gasteiger partial charge in [-0.25, -0.2) is 0 Å². The van der Waals surface area contributed by atoms with Crippen LogP contribution in [0.4, 0.5) is 0 Å². The van der Waals surface area contributed by atoms with Crippen LogP contribution in [0.3, 0.4) is 0 Å². The summed E-state index contributed by atoms with van der Waals surface area (Å²) >= 11 is 0. The number of para-hydroxylation sites is 2. The maximum atomic E-state index is 2.44. The quantitative estimate of drug-likeness (QED) is 0.156. The summed E-state index contributed by atoms with van der Waals surface area (Å²) in [6.07, 6.45) is 0. The van der Waals surface area contributed by atoms with Crippen molar-refractivity contribution in [3.63, 3.8) is 0 Å². The van der Waals surface area contributed by atoms with Gasteiger partial charge in [0.05, 0.1) is 11.0 Å². The number of hydrogen-bond donors (Lipinski definition) is 0. The first-order valence-electron chi connectivity index (χ1n) is 23.2. The Balaban J connectivity index is 1.02. The van der Waals surface area contributed by atoms with Crippen molar-refractivity contribution in [3.8, 4) is 83.6 Å². The van der Waals surface area contributed by atoms with E-state index in [0.29, 0.717) is 0 Å².